The lowest BCUT2D eigenvalue weighted by Gasteiger charge is -2.25. The van der Waals surface area contributed by atoms with Crippen molar-refractivity contribution in [2.75, 3.05) is 0 Å². The zero-order valence-electron chi connectivity index (χ0n) is 29.5. The van der Waals surface area contributed by atoms with Gasteiger partial charge in [-0.3, -0.25) is 43.2 Å². The molecule has 18 nitrogen and oxygen atoms in total. The van der Waals surface area contributed by atoms with E-state index in [1.54, 1.807) is 0 Å². The topological polar surface area (TPSA) is 305 Å². The minimum absolute atomic E-state index is 0.0851. The Hall–Kier alpha value is -5.00. The number of hydrogen-bond acceptors (Lipinski definition) is 11. The molecular formula is C33H50N6O12. The third kappa shape index (κ3) is 16.1. The molecule has 284 valence electrons. The van der Waals surface area contributed by atoms with Gasteiger partial charge in [-0.2, -0.15) is 0 Å². The number of carbonyl (C=O) groups excluding carboxylic acids is 7. The SMILES string of the molecule is C[C@H](CCC(=O)O)C(=O)N[C@H](C)C(=O)C[C@H](C)C(=O)N[C@H](C)C(=O)C[C@@H](C(=O)N[C@H](Cc1cnc[nH]1)C(=O)C[C@H](CCC(=O)O)C(N)=O)[C@H](C)O. The Balaban J connectivity index is 2.89. The summed E-state index contributed by atoms with van der Waals surface area (Å²) >= 11 is 0. The molecule has 9 N–H and O–H groups in total. The van der Waals surface area contributed by atoms with E-state index in [0.717, 1.165) is 0 Å². The van der Waals surface area contributed by atoms with Crippen LogP contribution >= 0.6 is 0 Å². The standard InChI is InChI=1S/C33H50N6O12/c1-16(6-8-28(44)45)31(49)37-18(3)25(41)10-17(2)32(50)38-19(4)26(42)13-23(20(5)40)33(51)39-24(12-22-14-35-15-36-22)27(43)11-21(30(34)48)7-9-29(46)47/h14-21,23-24,40H,6-13H2,1-5H3,(H2,34,48)(H,35,36)(H,37,49)(H,38,50)(H,39,51)(H,44,45)(H,46,47)/t16-,17+,18-,19-,20+,21+,23-,24-/m1/s1. The predicted octanol–water partition coefficient (Wildman–Crippen LogP) is -0.576. The zero-order chi connectivity index (χ0) is 39.0. The summed E-state index contributed by atoms with van der Waals surface area (Å²) in [4.78, 5) is 118. The summed E-state index contributed by atoms with van der Waals surface area (Å²) in [7, 11) is 0. The molecule has 0 unspecified atom stereocenters. The van der Waals surface area contributed by atoms with Crippen LogP contribution in [0.5, 0.6) is 0 Å². The van der Waals surface area contributed by atoms with Crippen molar-refractivity contribution >= 4 is 52.9 Å². The highest BCUT2D eigenvalue weighted by atomic mass is 16.4. The van der Waals surface area contributed by atoms with Crippen LogP contribution in [-0.4, -0.2) is 102 Å². The van der Waals surface area contributed by atoms with Crippen molar-refractivity contribution in [3.05, 3.63) is 18.2 Å². The van der Waals surface area contributed by atoms with E-state index in [2.05, 4.69) is 25.9 Å². The van der Waals surface area contributed by atoms with Crippen LogP contribution in [0.4, 0.5) is 0 Å². The first-order valence-corrected chi connectivity index (χ1v) is 16.6. The quantitative estimate of drug-likeness (QED) is 0.0628. The first-order valence-electron chi connectivity index (χ1n) is 16.6. The number of nitrogens with one attached hydrogen (secondary N) is 4. The van der Waals surface area contributed by atoms with Crippen molar-refractivity contribution in [1.82, 2.24) is 25.9 Å². The van der Waals surface area contributed by atoms with Crippen LogP contribution in [0.3, 0.4) is 0 Å². The van der Waals surface area contributed by atoms with Crippen LogP contribution in [0.1, 0.15) is 85.3 Å². The number of rotatable bonds is 25. The summed E-state index contributed by atoms with van der Waals surface area (Å²) in [6.45, 7) is 7.04. The molecule has 0 aliphatic heterocycles. The molecule has 1 heterocycles. The Labute approximate surface area is 295 Å². The third-order valence-electron chi connectivity index (χ3n) is 8.46. The van der Waals surface area contributed by atoms with E-state index in [1.165, 1.54) is 47.1 Å². The molecule has 0 fully saturated rings. The van der Waals surface area contributed by atoms with Gasteiger partial charge in [-0.15, -0.1) is 0 Å². The second-order valence-corrected chi connectivity index (χ2v) is 12.9. The molecule has 0 radical (unpaired) electrons. The summed E-state index contributed by atoms with van der Waals surface area (Å²) in [5.41, 5.74) is 5.81. The number of aliphatic hydroxyl groups is 1. The van der Waals surface area contributed by atoms with Crippen LogP contribution in [0.2, 0.25) is 0 Å². The molecule has 1 rings (SSSR count). The lowest BCUT2D eigenvalue weighted by Crippen LogP contribution is -2.49. The van der Waals surface area contributed by atoms with Crippen molar-refractivity contribution in [1.29, 1.82) is 0 Å². The Morgan fingerprint density at radius 2 is 1.25 bits per heavy atom. The van der Waals surface area contributed by atoms with E-state index < -0.39 is 120 Å². The second kappa shape index (κ2) is 21.3. The van der Waals surface area contributed by atoms with Gasteiger partial charge in [0.05, 0.1) is 36.5 Å². The van der Waals surface area contributed by atoms with Gasteiger partial charge in [0.15, 0.2) is 17.3 Å². The van der Waals surface area contributed by atoms with Crippen molar-refractivity contribution < 1.29 is 58.5 Å². The van der Waals surface area contributed by atoms with Crippen LogP contribution in [0, 0.1) is 23.7 Å². The molecule has 0 spiro atoms. The van der Waals surface area contributed by atoms with E-state index in [0.29, 0.717) is 5.69 Å². The summed E-state index contributed by atoms with van der Waals surface area (Å²) in [6.07, 6.45) is -0.787. The van der Waals surface area contributed by atoms with Crippen LogP contribution < -0.4 is 21.7 Å². The zero-order valence-corrected chi connectivity index (χ0v) is 29.5. The minimum atomic E-state index is -1.38. The normalized spacial score (nSPS) is 15.8. The molecule has 0 aliphatic rings. The lowest BCUT2D eigenvalue weighted by molar-refractivity contribution is -0.139. The van der Waals surface area contributed by atoms with Crippen LogP contribution in [-0.2, 0) is 49.6 Å². The molecule has 18 heteroatoms. The van der Waals surface area contributed by atoms with Crippen LogP contribution in [0.25, 0.3) is 0 Å². The Morgan fingerprint density at radius 3 is 1.75 bits per heavy atom. The lowest BCUT2D eigenvalue weighted by atomic mass is 9.90. The smallest absolute Gasteiger partial charge is 0.303 e. The molecule has 0 saturated carbocycles. The molecule has 8 atom stereocenters. The van der Waals surface area contributed by atoms with Crippen molar-refractivity contribution in [3.8, 4) is 0 Å². The van der Waals surface area contributed by atoms with E-state index in [1.807, 2.05) is 0 Å². The predicted molar refractivity (Wildman–Crippen MR) is 178 cm³/mol. The van der Waals surface area contributed by atoms with Gasteiger partial charge in [0.1, 0.15) is 0 Å². The summed E-state index contributed by atoms with van der Waals surface area (Å²) in [5.74, 6) is -11.0. The summed E-state index contributed by atoms with van der Waals surface area (Å²) in [6, 6.07) is -3.37. The molecule has 51 heavy (non-hydrogen) atoms. The number of amides is 4. The highest BCUT2D eigenvalue weighted by molar-refractivity contribution is 5.97. The Morgan fingerprint density at radius 1 is 0.725 bits per heavy atom. The average molecular weight is 723 g/mol. The fourth-order valence-corrected chi connectivity index (χ4v) is 4.96. The number of nitrogens with zero attached hydrogens (tertiary/aromatic N) is 1. The number of nitrogens with two attached hydrogens (primary N) is 1. The number of hydrogen-bond donors (Lipinski definition) is 8. The largest absolute Gasteiger partial charge is 0.481 e. The highest BCUT2D eigenvalue weighted by Crippen LogP contribution is 2.17. The first-order chi connectivity index (χ1) is 23.7. The number of carboxylic acid groups (broad SMARTS) is 2. The van der Waals surface area contributed by atoms with Gasteiger partial charge in [0.25, 0.3) is 0 Å². The molecular weight excluding hydrogens is 672 g/mol. The van der Waals surface area contributed by atoms with Crippen LogP contribution in [0.15, 0.2) is 12.5 Å². The number of carboxylic acids is 2. The van der Waals surface area contributed by atoms with Crippen molar-refractivity contribution in [3.63, 3.8) is 0 Å². The average Bonchev–Trinajstić information content (AvgIpc) is 3.56. The Bertz CT molecular complexity index is 1410. The van der Waals surface area contributed by atoms with E-state index in [-0.39, 0.29) is 32.1 Å². The van der Waals surface area contributed by atoms with Gasteiger partial charge in [-0.05, 0) is 33.6 Å². The summed E-state index contributed by atoms with van der Waals surface area (Å²) in [5, 5.41) is 35.7. The number of carbonyl (C=O) groups is 9. The highest BCUT2D eigenvalue weighted by Gasteiger charge is 2.34. The molecule has 4 amide bonds. The number of aromatic nitrogens is 2. The molecule has 0 saturated heterocycles. The number of Topliss-reactive ketones (excluding diaryl/α,β-unsaturated/α-hetero) is 3. The second-order valence-electron chi connectivity index (χ2n) is 12.9. The number of ketones is 3. The Kier molecular flexibility index (Phi) is 18.4. The maximum Gasteiger partial charge on any atom is 0.303 e. The van der Waals surface area contributed by atoms with Crippen molar-refractivity contribution in [2.45, 2.75) is 110 Å². The van der Waals surface area contributed by atoms with E-state index in [4.69, 9.17) is 15.9 Å². The van der Waals surface area contributed by atoms with Gasteiger partial charge in [0.2, 0.25) is 23.6 Å². The van der Waals surface area contributed by atoms with Gasteiger partial charge in [0, 0.05) is 68.2 Å². The van der Waals surface area contributed by atoms with Crippen molar-refractivity contribution in [2.24, 2.45) is 29.4 Å². The number of imidazole rings is 1. The van der Waals surface area contributed by atoms with Gasteiger partial charge in [-0.25, -0.2) is 4.98 Å². The minimum Gasteiger partial charge on any atom is -0.481 e. The van der Waals surface area contributed by atoms with Gasteiger partial charge < -0.3 is 42.0 Å². The molecule has 0 aliphatic carbocycles. The maximum atomic E-state index is 13.4. The summed E-state index contributed by atoms with van der Waals surface area (Å²) < 4.78 is 0. The first kappa shape index (κ1) is 44.0. The molecule has 0 bridgehead atoms. The molecule has 1 aromatic heterocycles. The number of primary amides is 1. The van der Waals surface area contributed by atoms with E-state index >= 15 is 0 Å². The number of aliphatic hydroxyl groups excluding tert-OH is 1. The fraction of sp³-hybridized carbons (Fsp3) is 0.636. The van der Waals surface area contributed by atoms with E-state index in [9.17, 15) is 48.3 Å². The van der Waals surface area contributed by atoms with Gasteiger partial charge in [-0.1, -0.05) is 13.8 Å². The monoisotopic (exact) mass is 722 g/mol. The molecule has 0 aromatic carbocycles. The maximum absolute atomic E-state index is 13.4. The third-order valence-corrected chi connectivity index (χ3v) is 8.46. The molecule has 1 aromatic rings. The number of aliphatic carboxylic acids is 2. The van der Waals surface area contributed by atoms with Gasteiger partial charge >= 0.3 is 11.9 Å². The number of aromatic amines is 1. The fourth-order valence-electron chi connectivity index (χ4n) is 4.96. The number of H-pyrrole nitrogens is 1.